The van der Waals surface area contributed by atoms with Crippen LogP contribution in [0.5, 0.6) is 0 Å². The van der Waals surface area contributed by atoms with E-state index < -0.39 is 0 Å². The Hall–Kier alpha value is -0.350. The van der Waals surface area contributed by atoms with Gasteiger partial charge in [0.05, 0.1) is 15.9 Å². The molecule has 1 N–H and O–H groups in total. The van der Waals surface area contributed by atoms with Gasteiger partial charge in [0.2, 0.25) is 0 Å². The van der Waals surface area contributed by atoms with E-state index in [0.29, 0.717) is 6.04 Å². The van der Waals surface area contributed by atoms with E-state index in [4.69, 9.17) is 0 Å². The van der Waals surface area contributed by atoms with Crippen LogP contribution < -0.4 is 5.32 Å². The Labute approximate surface area is 125 Å². The molecule has 1 aromatic heterocycles. The fourth-order valence-corrected chi connectivity index (χ4v) is 3.82. The van der Waals surface area contributed by atoms with Gasteiger partial charge in [0, 0.05) is 19.1 Å². The van der Waals surface area contributed by atoms with E-state index in [9.17, 15) is 0 Å². The van der Waals surface area contributed by atoms with Crippen LogP contribution in [-0.4, -0.2) is 15.8 Å². The standard InChI is InChI=1S/C15H26BrN3/c1-5-19-14(15(16)12(4)18-19)9-17-13-7-10(2)6-11(3)8-13/h10-11,13,17H,5-9H2,1-4H3. The molecule has 1 heterocycles. The highest BCUT2D eigenvalue weighted by atomic mass is 79.9. The fourth-order valence-electron chi connectivity index (χ4n) is 3.39. The molecule has 0 spiro atoms. The van der Waals surface area contributed by atoms with Gasteiger partial charge in [-0.3, -0.25) is 4.68 Å². The quantitative estimate of drug-likeness (QED) is 0.909. The number of rotatable bonds is 4. The molecule has 19 heavy (non-hydrogen) atoms. The highest BCUT2D eigenvalue weighted by Gasteiger charge is 2.24. The number of nitrogens with one attached hydrogen (secondary N) is 1. The number of aryl methyl sites for hydroxylation is 2. The number of halogens is 1. The lowest BCUT2D eigenvalue weighted by molar-refractivity contribution is 0.237. The monoisotopic (exact) mass is 327 g/mol. The maximum Gasteiger partial charge on any atom is 0.0739 e. The van der Waals surface area contributed by atoms with Gasteiger partial charge in [-0.05, 0) is 60.9 Å². The molecule has 2 rings (SSSR count). The van der Waals surface area contributed by atoms with Crippen LogP contribution in [0.25, 0.3) is 0 Å². The Balaban J connectivity index is 1.98. The first-order valence-corrected chi connectivity index (χ1v) is 8.25. The van der Waals surface area contributed by atoms with Crippen LogP contribution in [0.1, 0.15) is 51.4 Å². The zero-order valence-electron chi connectivity index (χ0n) is 12.5. The summed E-state index contributed by atoms with van der Waals surface area (Å²) < 4.78 is 3.26. The van der Waals surface area contributed by atoms with E-state index >= 15 is 0 Å². The molecule has 0 bridgehead atoms. The summed E-state index contributed by atoms with van der Waals surface area (Å²) in [7, 11) is 0. The molecule has 0 aromatic carbocycles. The van der Waals surface area contributed by atoms with Crippen LogP contribution in [0.3, 0.4) is 0 Å². The summed E-state index contributed by atoms with van der Waals surface area (Å²) in [6.07, 6.45) is 4.00. The Morgan fingerprint density at radius 2 is 1.89 bits per heavy atom. The third-order valence-electron chi connectivity index (χ3n) is 4.19. The van der Waals surface area contributed by atoms with Crippen LogP contribution in [0, 0.1) is 18.8 Å². The fraction of sp³-hybridized carbons (Fsp3) is 0.800. The molecule has 3 nitrogen and oxygen atoms in total. The normalized spacial score (nSPS) is 27.7. The lowest BCUT2D eigenvalue weighted by Gasteiger charge is -2.32. The molecule has 1 aromatic rings. The minimum absolute atomic E-state index is 0.658. The van der Waals surface area contributed by atoms with E-state index in [1.54, 1.807) is 0 Å². The van der Waals surface area contributed by atoms with Gasteiger partial charge in [-0.15, -0.1) is 0 Å². The molecule has 108 valence electrons. The summed E-state index contributed by atoms with van der Waals surface area (Å²) >= 11 is 3.67. The van der Waals surface area contributed by atoms with Gasteiger partial charge < -0.3 is 5.32 Å². The van der Waals surface area contributed by atoms with Gasteiger partial charge in [0.1, 0.15) is 0 Å². The predicted molar refractivity (Wildman–Crippen MR) is 83.1 cm³/mol. The molecule has 0 radical (unpaired) electrons. The molecule has 1 aliphatic rings. The maximum absolute atomic E-state index is 4.55. The van der Waals surface area contributed by atoms with Crippen molar-refractivity contribution in [1.82, 2.24) is 15.1 Å². The van der Waals surface area contributed by atoms with Crippen molar-refractivity contribution in [3.05, 3.63) is 15.9 Å². The van der Waals surface area contributed by atoms with E-state index in [1.807, 2.05) is 0 Å². The predicted octanol–water partition coefficient (Wildman–Crippen LogP) is 3.89. The topological polar surface area (TPSA) is 29.9 Å². The van der Waals surface area contributed by atoms with Crippen molar-refractivity contribution in [2.75, 3.05) is 0 Å². The molecule has 2 unspecified atom stereocenters. The second-order valence-corrected chi connectivity index (χ2v) is 6.95. The summed E-state index contributed by atoms with van der Waals surface area (Å²) in [5.74, 6) is 1.70. The average Bonchev–Trinajstić information content (AvgIpc) is 2.62. The van der Waals surface area contributed by atoms with Crippen LogP contribution >= 0.6 is 15.9 Å². The van der Waals surface area contributed by atoms with Crippen LogP contribution in [0.2, 0.25) is 0 Å². The Morgan fingerprint density at radius 3 is 2.47 bits per heavy atom. The van der Waals surface area contributed by atoms with E-state index in [-0.39, 0.29) is 0 Å². The van der Waals surface area contributed by atoms with Crippen LogP contribution in [0.15, 0.2) is 4.47 Å². The maximum atomic E-state index is 4.55. The summed E-state index contributed by atoms with van der Waals surface area (Å²) in [6.45, 7) is 10.8. The molecule has 0 saturated heterocycles. The first-order valence-electron chi connectivity index (χ1n) is 7.46. The summed E-state index contributed by atoms with van der Waals surface area (Å²) in [4.78, 5) is 0. The van der Waals surface area contributed by atoms with Gasteiger partial charge in [-0.1, -0.05) is 13.8 Å². The first kappa shape index (κ1) is 15.0. The first-order chi connectivity index (χ1) is 9.01. The summed E-state index contributed by atoms with van der Waals surface area (Å²) in [5, 5.41) is 8.29. The smallest absolute Gasteiger partial charge is 0.0739 e. The van der Waals surface area contributed by atoms with E-state index in [2.05, 4.69) is 58.7 Å². The number of hydrogen-bond donors (Lipinski definition) is 1. The molecule has 4 heteroatoms. The average molecular weight is 328 g/mol. The third kappa shape index (κ3) is 3.60. The van der Waals surface area contributed by atoms with Gasteiger partial charge in [-0.25, -0.2) is 0 Å². The Bertz CT molecular complexity index is 417. The van der Waals surface area contributed by atoms with Crippen molar-refractivity contribution < 1.29 is 0 Å². The molecular weight excluding hydrogens is 302 g/mol. The van der Waals surface area contributed by atoms with Crippen molar-refractivity contribution in [2.24, 2.45) is 11.8 Å². The molecular formula is C15H26BrN3. The highest BCUT2D eigenvalue weighted by Crippen LogP contribution is 2.29. The van der Waals surface area contributed by atoms with E-state index in [0.717, 1.165) is 30.6 Å². The second-order valence-electron chi connectivity index (χ2n) is 6.16. The number of nitrogens with zero attached hydrogens (tertiary/aromatic N) is 2. The minimum atomic E-state index is 0.658. The van der Waals surface area contributed by atoms with Gasteiger partial charge in [0.15, 0.2) is 0 Å². The molecule has 1 aliphatic carbocycles. The highest BCUT2D eigenvalue weighted by molar-refractivity contribution is 9.10. The Morgan fingerprint density at radius 1 is 1.26 bits per heavy atom. The SMILES string of the molecule is CCn1nc(C)c(Br)c1CNC1CC(C)CC(C)C1. The molecule has 0 amide bonds. The molecule has 1 saturated carbocycles. The minimum Gasteiger partial charge on any atom is -0.308 e. The zero-order valence-corrected chi connectivity index (χ0v) is 14.1. The van der Waals surface area contributed by atoms with E-state index in [1.165, 1.54) is 29.4 Å². The second kappa shape index (κ2) is 6.40. The largest absolute Gasteiger partial charge is 0.308 e. The lowest BCUT2D eigenvalue weighted by Crippen LogP contribution is -2.36. The van der Waals surface area contributed by atoms with Crippen molar-refractivity contribution >= 4 is 15.9 Å². The van der Waals surface area contributed by atoms with Crippen LogP contribution in [-0.2, 0) is 13.1 Å². The third-order valence-corrected chi connectivity index (χ3v) is 5.22. The van der Waals surface area contributed by atoms with Crippen molar-refractivity contribution in [3.8, 4) is 0 Å². The molecule has 0 aliphatic heterocycles. The molecule has 2 atom stereocenters. The summed E-state index contributed by atoms with van der Waals surface area (Å²) in [6, 6.07) is 0.658. The van der Waals surface area contributed by atoms with Crippen molar-refractivity contribution in [2.45, 2.75) is 66.1 Å². The van der Waals surface area contributed by atoms with Gasteiger partial charge in [-0.2, -0.15) is 5.10 Å². The van der Waals surface area contributed by atoms with Gasteiger partial charge >= 0.3 is 0 Å². The lowest BCUT2D eigenvalue weighted by atomic mass is 9.80. The van der Waals surface area contributed by atoms with Crippen molar-refractivity contribution in [3.63, 3.8) is 0 Å². The van der Waals surface area contributed by atoms with Gasteiger partial charge in [0.25, 0.3) is 0 Å². The van der Waals surface area contributed by atoms with Crippen molar-refractivity contribution in [1.29, 1.82) is 0 Å². The Kier molecular flexibility index (Phi) is 5.07. The number of hydrogen-bond acceptors (Lipinski definition) is 2. The zero-order chi connectivity index (χ0) is 14.0. The summed E-state index contributed by atoms with van der Waals surface area (Å²) in [5.41, 5.74) is 2.37. The molecule has 1 fully saturated rings. The van der Waals surface area contributed by atoms with Crippen LogP contribution in [0.4, 0.5) is 0 Å². The number of aromatic nitrogens is 2.